The Bertz CT molecular complexity index is 1110. The van der Waals surface area contributed by atoms with Gasteiger partial charge >= 0.3 is 0 Å². The minimum Gasteiger partial charge on any atom is -0.489 e. The number of ether oxygens (including phenoxy) is 1. The third-order valence-electron chi connectivity index (χ3n) is 6.18. The standard InChI is InChI=1S/C22H24ClN3O3S/c1-11(24-12(2)27)18-10-16(26-29-18)13-8-14(9-13)28-17-5-4-15-20(19(17)23)30-21(25-15)22(3)6-7-22/h4-5,10-11,13-14H,6-9H2,1-3H3,(H,24,27)/t11-,13?,14?/m0/s1. The maximum absolute atomic E-state index is 11.2. The van der Waals surface area contributed by atoms with Gasteiger partial charge in [-0.05, 0) is 44.7 Å². The van der Waals surface area contributed by atoms with Gasteiger partial charge in [0.05, 0.1) is 27.0 Å². The van der Waals surface area contributed by atoms with Crippen LogP contribution in [0.2, 0.25) is 5.02 Å². The van der Waals surface area contributed by atoms with Crippen molar-refractivity contribution in [3.05, 3.63) is 39.7 Å². The normalized spacial score (nSPS) is 23.1. The van der Waals surface area contributed by atoms with Crippen LogP contribution in [-0.2, 0) is 10.2 Å². The summed E-state index contributed by atoms with van der Waals surface area (Å²) in [6.07, 6.45) is 4.22. The molecule has 1 aromatic carbocycles. The van der Waals surface area contributed by atoms with Crippen LogP contribution >= 0.6 is 22.9 Å². The van der Waals surface area contributed by atoms with Crippen LogP contribution in [0.25, 0.3) is 10.2 Å². The highest BCUT2D eigenvalue weighted by Crippen LogP contribution is 2.51. The fraction of sp³-hybridized carbons (Fsp3) is 0.500. The zero-order chi connectivity index (χ0) is 21.0. The second-order valence-corrected chi connectivity index (χ2v) is 10.2. The number of nitrogens with zero attached hydrogens (tertiary/aromatic N) is 2. The van der Waals surface area contributed by atoms with E-state index in [0.717, 1.165) is 34.5 Å². The number of fused-ring (bicyclic) bond motifs is 1. The highest BCUT2D eigenvalue weighted by molar-refractivity contribution is 7.19. The van der Waals surface area contributed by atoms with Crippen LogP contribution in [-0.4, -0.2) is 22.2 Å². The van der Waals surface area contributed by atoms with Crippen LogP contribution < -0.4 is 10.1 Å². The summed E-state index contributed by atoms with van der Waals surface area (Å²) in [5.41, 5.74) is 2.10. The number of thiazole rings is 1. The Morgan fingerprint density at radius 2 is 2.17 bits per heavy atom. The zero-order valence-electron chi connectivity index (χ0n) is 17.2. The van der Waals surface area contributed by atoms with Crippen LogP contribution in [0.3, 0.4) is 0 Å². The average Bonchev–Trinajstić information content (AvgIpc) is 3.09. The third kappa shape index (κ3) is 3.58. The minimum atomic E-state index is -0.191. The van der Waals surface area contributed by atoms with Crippen LogP contribution in [0.1, 0.15) is 74.9 Å². The Kier molecular flexibility index (Phi) is 4.78. The molecule has 30 heavy (non-hydrogen) atoms. The number of carbonyl (C=O) groups is 1. The van der Waals surface area contributed by atoms with Gasteiger partial charge in [0.25, 0.3) is 0 Å². The first-order chi connectivity index (χ1) is 14.3. The van der Waals surface area contributed by atoms with Crippen molar-refractivity contribution in [1.29, 1.82) is 0 Å². The second-order valence-electron chi connectivity index (χ2n) is 8.79. The zero-order valence-corrected chi connectivity index (χ0v) is 18.8. The Morgan fingerprint density at radius 1 is 1.40 bits per heavy atom. The van der Waals surface area contributed by atoms with Gasteiger partial charge in [0.15, 0.2) is 5.76 Å². The molecule has 0 spiro atoms. The molecule has 8 heteroatoms. The van der Waals surface area contributed by atoms with Gasteiger partial charge in [0.2, 0.25) is 5.91 Å². The molecule has 6 nitrogen and oxygen atoms in total. The molecular formula is C22H24ClN3O3S. The summed E-state index contributed by atoms with van der Waals surface area (Å²) in [7, 11) is 0. The van der Waals surface area contributed by atoms with Gasteiger partial charge < -0.3 is 14.6 Å². The van der Waals surface area contributed by atoms with Crippen molar-refractivity contribution in [3.8, 4) is 5.75 Å². The van der Waals surface area contributed by atoms with Crippen LogP contribution in [0, 0.1) is 0 Å². The van der Waals surface area contributed by atoms with E-state index in [0.29, 0.717) is 16.7 Å². The average molecular weight is 446 g/mol. The lowest BCUT2D eigenvalue weighted by atomic mass is 9.80. The minimum absolute atomic E-state index is 0.0919. The van der Waals surface area contributed by atoms with E-state index < -0.39 is 0 Å². The molecule has 1 atom stereocenters. The van der Waals surface area contributed by atoms with E-state index >= 15 is 0 Å². The third-order valence-corrected chi connectivity index (χ3v) is 8.06. The van der Waals surface area contributed by atoms with E-state index in [-0.39, 0.29) is 23.5 Å². The molecule has 0 radical (unpaired) electrons. The molecule has 2 fully saturated rings. The summed E-state index contributed by atoms with van der Waals surface area (Å²) < 4.78 is 12.6. The van der Waals surface area contributed by atoms with Gasteiger partial charge in [-0.2, -0.15) is 0 Å². The fourth-order valence-electron chi connectivity index (χ4n) is 3.85. The summed E-state index contributed by atoms with van der Waals surface area (Å²) in [6.45, 7) is 5.63. The molecule has 2 aromatic heterocycles. The summed E-state index contributed by atoms with van der Waals surface area (Å²) >= 11 is 8.36. The molecule has 0 aliphatic heterocycles. The van der Waals surface area contributed by atoms with Gasteiger partial charge in [-0.15, -0.1) is 11.3 Å². The van der Waals surface area contributed by atoms with E-state index in [1.165, 1.54) is 24.8 Å². The topological polar surface area (TPSA) is 77.2 Å². The summed E-state index contributed by atoms with van der Waals surface area (Å²) in [5.74, 6) is 1.60. The van der Waals surface area contributed by atoms with Crippen molar-refractivity contribution in [1.82, 2.24) is 15.5 Å². The number of amides is 1. The Hall–Kier alpha value is -2.12. The molecule has 2 aliphatic carbocycles. The molecular weight excluding hydrogens is 422 g/mol. The molecule has 0 unspecified atom stereocenters. The number of halogens is 1. The molecule has 2 saturated carbocycles. The van der Waals surface area contributed by atoms with E-state index in [4.69, 9.17) is 25.8 Å². The van der Waals surface area contributed by atoms with Crippen LogP contribution in [0.15, 0.2) is 22.7 Å². The number of nitrogens with one attached hydrogen (secondary N) is 1. The first kappa shape index (κ1) is 19.8. The predicted molar refractivity (Wildman–Crippen MR) is 116 cm³/mol. The van der Waals surface area contributed by atoms with Crippen LogP contribution in [0.4, 0.5) is 0 Å². The van der Waals surface area contributed by atoms with Crippen molar-refractivity contribution in [2.24, 2.45) is 0 Å². The van der Waals surface area contributed by atoms with Crippen molar-refractivity contribution in [2.45, 2.75) is 69.9 Å². The lowest BCUT2D eigenvalue weighted by Gasteiger charge is -2.34. The molecule has 0 bridgehead atoms. The highest BCUT2D eigenvalue weighted by atomic mass is 35.5. The molecule has 5 rings (SSSR count). The molecule has 2 heterocycles. The summed E-state index contributed by atoms with van der Waals surface area (Å²) in [5, 5.41) is 8.83. The Balaban J connectivity index is 1.23. The fourth-order valence-corrected chi connectivity index (χ4v) is 5.37. The Labute approximate surface area is 183 Å². The van der Waals surface area contributed by atoms with Crippen molar-refractivity contribution >= 4 is 39.1 Å². The molecule has 158 valence electrons. The lowest BCUT2D eigenvalue weighted by Crippen LogP contribution is -2.32. The Morgan fingerprint density at radius 3 is 2.87 bits per heavy atom. The van der Waals surface area contributed by atoms with Gasteiger partial charge in [-0.3, -0.25) is 4.79 Å². The molecule has 3 aromatic rings. The lowest BCUT2D eigenvalue weighted by molar-refractivity contribution is -0.119. The highest BCUT2D eigenvalue weighted by Gasteiger charge is 2.42. The number of benzene rings is 1. The maximum atomic E-state index is 11.2. The first-order valence-electron chi connectivity index (χ1n) is 10.3. The first-order valence-corrected chi connectivity index (χ1v) is 11.5. The molecule has 0 saturated heterocycles. The number of hydrogen-bond acceptors (Lipinski definition) is 6. The number of carbonyl (C=O) groups excluding carboxylic acids is 1. The summed E-state index contributed by atoms with van der Waals surface area (Å²) in [6, 6.07) is 5.67. The molecule has 1 N–H and O–H groups in total. The van der Waals surface area contributed by atoms with E-state index in [1.807, 2.05) is 25.1 Å². The number of aromatic nitrogens is 2. The van der Waals surface area contributed by atoms with E-state index in [1.54, 1.807) is 11.3 Å². The van der Waals surface area contributed by atoms with Crippen molar-refractivity contribution in [2.75, 3.05) is 0 Å². The smallest absolute Gasteiger partial charge is 0.217 e. The maximum Gasteiger partial charge on any atom is 0.217 e. The van der Waals surface area contributed by atoms with E-state index in [2.05, 4.69) is 17.4 Å². The van der Waals surface area contributed by atoms with E-state index in [9.17, 15) is 4.79 Å². The SMILES string of the molecule is CC(=O)N[C@@H](C)c1cc(C2CC(Oc3ccc4nc(C5(C)CC5)sc4c3Cl)C2)no1. The summed E-state index contributed by atoms with van der Waals surface area (Å²) in [4.78, 5) is 16.0. The van der Waals surface area contributed by atoms with Gasteiger partial charge in [0.1, 0.15) is 16.9 Å². The van der Waals surface area contributed by atoms with Crippen LogP contribution in [0.5, 0.6) is 5.75 Å². The quantitative estimate of drug-likeness (QED) is 0.541. The van der Waals surface area contributed by atoms with Crippen molar-refractivity contribution < 1.29 is 14.1 Å². The van der Waals surface area contributed by atoms with Crippen molar-refractivity contribution in [3.63, 3.8) is 0 Å². The number of rotatable bonds is 6. The largest absolute Gasteiger partial charge is 0.489 e. The monoisotopic (exact) mass is 445 g/mol. The van der Waals surface area contributed by atoms with Gasteiger partial charge in [-0.25, -0.2) is 4.98 Å². The van der Waals surface area contributed by atoms with Gasteiger partial charge in [-0.1, -0.05) is 23.7 Å². The predicted octanol–water partition coefficient (Wildman–Crippen LogP) is 5.51. The molecule has 1 amide bonds. The second kappa shape index (κ2) is 7.24. The number of hydrogen-bond donors (Lipinski definition) is 1. The van der Waals surface area contributed by atoms with Gasteiger partial charge in [0, 0.05) is 24.3 Å². The molecule has 2 aliphatic rings.